The van der Waals surface area contributed by atoms with Gasteiger partial charge in [0.1, 0.15) is 0 Å². The van der Waals surface area contributed by atoms with E-state index in [0.29, 0.717) is 0 Å². The van der Waals surface area contributed by atoms with Crippen LogP contribution in [0.2, 0.25) is 0 Å². The average molecular weight is 441 g/mol. The van der Waals surface area contributed by atoms with Gasteiger partial charge in [0.15, 0.2) is 0 Å². The zero-order valence-electron chi connectivity index (χ0n) is 18.9. The summed E-state index contributed by atoms with van der Waals surface area (Å²) in [6.45, 7) is 2.09. The quantitative estimate of drug-likeness (QED) is 0.326. The number of aryl methyl sites for hydroxylation is 1. The Morgan fingerprint density at radius 2 is 1.44 bits per heavy atom. The molecule has 0 bridgehead atoms. The Labute approximate surface area is 199 Å². The number of carbonyl (C=O) groups excluding carboxylic acids is 1. The number of hydrogen-bond acceptors (Lipinski definition) is 2. The van der Waals surface area contributed by atoms with Gasteiger partial charge in [0.25, 0.3) is 0 Å². The van der Waals surface area contributed by atoms with E-state index in [9.17, 15) is 4.79 Å². The maximum absolute atomic E-state index is 13.7. The van der Waals surface area contributed by atoms with Crippen LogP contribution in [0.15, 0.2) is 109 Å². The van der Waals surface area contributed by atoms with Gasteiger partial charge < -0.3 is 5.32 Å². The van der Waals surface area contributed by atoms with Gasteiger partial charge in [0.2, 0.25) is 5.91 Å². The number of fused-ring (bicyclic) bond motifs is 2. The van der Waals surface area contributed by atoms with Crippen molar-refractivity contribution in [2.45, 2.75) is 18.8 Å². The molecule has 3 nitrogen and oxygen atoms in total. The van der Waals surface area contributed by atoms with Crippen LogP contribution in [-0.4, -0.2) is 10.9 Å². The Morgan fingerprint density at radius 1 is 0.735 bits per heavy atom. The SMILES string of the molecule is Cc1ccc2c(c1)C(c1ccccc1)C(c1cc(-c3ccccc3)c3ccccc3n1)C(=O)N2. The number of hydrogen-bond donors (Lipinski definition) is 1. The molecular weight excluding hydrogens is 416 g/mol. The van der Waals surface area contributed by atoms with Crippen molar-refractivity contribution in [3.63, 3.8) is 0 Å². The van der Waals surface area contributed by atoms with E-state index in [4.69, 9.17) is 4.98 Å². The van der Waals surface area contributed by atoms with Gasteiger partial charge in [-0.15, -0.1) is 0 Å². The fourth-order valence-electron chi connectivity index (χ4n) is 5.14. The zero-order chi connectivity index (χ0) is 23.1. The van der Waals surface area contributed by atoms with Crippen molar-refractivity contribution in [1.82, 2.24) is 4.98 Å². The van der Waals surface area contributed by atoms with Crippen molar-refractivity contribution >= 4 is 22.5 Å². The Hall–Kier alpha value is -4.24. The molecule has 2 unspecified atom stereocenters. The monoisotopic (exact) mass is 440 g/mol. The Bertz CT molecular complexity index is 1510. The van der Waals surface area contributed by atoms with Crippen LogP contribution in [0.25, 0.3) is 22.0 Å². The Balaban J connectivity index is 1.61. The molecule has 2 atom stereocenters. The number of benzene rings is 4. The second-order valence-corrected chi connectivity index (χ2v) is 8.92. The van der Waals surface area contributed by atoms with Crippen molar-refractivity contribution in [2.75, 3.05) is 5.32 Å². The number of para-hydroxylation sites is 1. The first-order valence-electron chi connectivity index (χ1n) is 11.6. The number of pyridine rings is 1. The highest BCUT2D eigenvalue weighted by Gasteiger charge is 2.39. The second kappa shape index (κ2) is 8.27. The summed E-state index contributed by atoms with van der Waals surface area (Å²) in [6, 6.07) is 37.2. The molecule has 1 aliphatic rings. The molecule has 4 aromatic carbocycles. The number of rotatable bonds is 3. The minimum absolute atomic E-state index is 0.0213. The first-order valence-corrected chi connectivity index (χ1v) is 11.6. The molecule has 1 aromatic heterocycles. The minimum Gasteiger partial charge on any atom is -0.325 e. The van der Waals surface area contributed by atoms with Crippen LogP contribution in [0, 0.1) is 6.92 Å². The standard InChI is InChI=1S/C31H24N2O/c1-20-16-17-27-25(18-20)29(22-12-6-3-7-13-22)30(31(34)33-27)28-19-24(21-10-4-2-5-11-21)23-14-8-9-15-26(23)32-28/h2-19,29-30H,1H3,(H,33,34). The molecule has 3 heteroatoms. The third-order valence-electron chi connectivity index (χ3n) is 6.71. The Kier molecular flexibility index (Phi) is 4.96. The Morgan fingerprint density at radius 3 is 2.24 bits per heavy atom. The first kappa shape index (κ1) is 20.4. The lowest BCUT2D eigenvalue weighted by molar-refractivity contribution is -0.118. The number of carbonyl (C=O) groups is 1. The van der Waals surface area contributed by atoms with Gasteiger partial charge in [0.05, 0.1) is 17.1 Å². The van der Waals surface area contributed by atoms with Gasteiger partial charge in [-0.05, 0) is 47.4 Å². The molecule has 1 aliphatic heterocycles. The molecule has 0 spiro atoms. The molecule has 0 radical (unpaired) electrons. The topological polar surface area (TPSA) is 42.0 Å². The lowest BCUT2D eigenvalue weighted by Crippen LogP contribution is -2.33. The van der Waals surface area contributed by atoms with Crippen molar-refractivity contribution in [2.24, 2.45) is 0 Å². The minimum atomic E-state index is -0.441. The molecule has 6 rings (SSSR count). The summed E-state index contributed by atoms with van der Waals surface area (Å²) in [6.07, 6.45) is 0. The number of anilines is 1. The van der Waals surface area contributed by atoms with Crippen molar-refractivity contribution < 1.29 is 4.79 Å². The van der Waals surface area contributed by atoms with E-state index < -0.39 is 5.92 Å². The predicted molar refractivity (Wildman–Crippen MR) is 138 cm³/mol. The first-order chi connectivity index (χ1) is 16.7. The molecule has 0 fully saturated rings. The molecule has 1 amide bonds. The molecule has 2 heterocycles. The van der Waals surface area contributed by atoms with Gasteiger partial charge in [-0.25, -0.2) is 0 Å². The van der Waals surface area contributed by atoms with Gasteiger partial charge in [-0.1, -0.05) is 96.6 Å². The third kappa shape index (κ3) is 3.46. The highest BCUT2D eigenvalue weighted by molar-refractivity contribution is 6.02. The fourth-order valence-corrected chi connectivity index (χ4v) is 5.14. The summed E-state index contributed by atoms with van der Waals surface area (Å²) in [7, 11) is 0. The van der Waals surface area contributed by atoms with Crippen molar-refractivity contribution in [3.8, 4) is 11.1 Å². The van der Waals surface area contributed by atoms with Crippen LogP contribution in [-0.2, 0) is 4.79 Å². The fraction of sp³-hybridized carbons (Fsp3) is 0.0968. The van der Waals surface area contributed by atoms with E-state index in [1.165, 1.54) is 5.56 Å². The normalized spacial score (nSPS) is 17.3. The van der Waals surface area contributed by atoms with Gasteiger partial charge >= 0.3 is 0 Å². The maximum atomic E-state index is 13.7. The molecule has 34 heavy (non-hydrogen) atoms. The van der Waals surface area contributed by atoms with Crippen LogP contribution in [0.3, 0.4) is 0 Å². The van der Waals surface area contributed by atoms with Crippen LogP contribution in [0.4, 0.5) is 5.69 Å². The van der Waals surface area contributed by atoms with Gasteiger partial charge in [-0.2, -0.15) is 0 Å². The van der Waals surface area contributed by atoms with E-state index in [-0.39, 0.29) is 11.8 Å². The highest BCUT2D eigenvalue weighted by Crippen LogP contribution is 2.46. The second-order valence-electron chi connectivity index (χ2n) is 8.92. The molecule has 1 N–H and O–H groups in total. The van der Waals surface area contributed by atoms with Crippen LogP contribution >= 0.6 is 0 Å². The summed E-state index contributed by atoms with van der Waals surface area (Å²) < 4.78 is 0. The smallest absolute Gasteiger partial charge is 0.234 e. The lowest BCUT2D eigenvalue weighted by atomic mass is 9.74. The van der Waals surface area contributed by atoms with E-state index >= 15 is 0 Å². The summed E-state index contributed by atoms with van der Waals surface area (Å²) in [4.78, 5) is 18.7. The summed E-state index contributed by atoms with van der Waals surface area (Å²) in [5.74, 6) is -0.585. The molecule has 0 aliphatic carbocycles. The summed E-state index contributed by atoms with van der Waals surface area (Å²) in [5, 5.41) is 4.25. The largest absolute Gasteiger partial charge is 0.325 e. The zero-order valence-corrected chi connectivity index (χ0v) is 18.9. The number of nitrogens with zero attached hydrogens (tertiary/aromatic N) is 1. The number of amides is 1. The number of aromatic nitrogens is 1. The van der Waals surface area contributed by atoms with E-state index in [0.717, 1.165) is 44.5 Å². The molecule has 0 saturated carbocycles. The molecule has 0 saturated heterocycles. The number of nitrogens with one attached hydrogen (secondary N) is 1. The van der Waals surface area contributed by atoms with Crippen LogP contribution in [0.1, 0.15) is 34.2 Å². The summed E-state index contributed by atoms with van der Waals surface area (Å²) >= 11 is 0. The molecular formula is C31H24N2O. The molecule has 5 aromatic rings. The van der Waals surface area contributed by atoms with Gasteiger partial charge in [0, 0.05) is 17.0 Å². The van der Waals surface area contributed by atoms with Crippen molar-refractivity contribution in [3.05, 3.63) is 132 Å². The highest BCUT2D eigenvalue weighted by atomic mass is 16.2. The van der Waals surface area contributed by atoms with E-state index in [1.807, 2.05) is 66.7 Å². The third-order valence-corrected chi connectivity index (χ3v) is 6.71. The van der Waals surface area contributed by atoms with Crippen LogP contribution in [0.5, 0.6) is 0 Å². The molecule has 164 valence electrons. The lowest BCUT2D eigenvalue weighted by Gasteiger charge is -2.34. The van der Waals surface area contributed by atoms with E-state index in [2.05, 4.69) is 54.7 Å². The summed E-state index contributed by atoms with van der Waals surface area (Å²) in [5.41, 5.74) is 8.19. The van der Waals surface area contributed by atoms with Crippen molar-refractivity contribution in [1.29, 1.82) is 0 Å². The average Bonchev–Trinajstić information content (AvgIpc) is 2.88. The predicted octanol–water partition coefficient (Wildman–Crippen LogP) is 7.08. The van der Waals surface area contributed by atoms with Gasteiger partial charge in [-0.3, -0.25) is 9.78 Å². The van der Waals surface area contributed by atoms with E-state index in [1.54, 1.807) is 0 Å². The van der Waals surface area contributed by atoms with Crippen LogP contribution < -0.4 is 5.32 Å². The maximum Gasteiger partial charge on any atom is 0.234 e.